The number of hydrogen-bond donors (Lipinski definition) is 2. The Morgan fingerprint density at radius 1 is 1.08 bits per heavy atom. The molecule has 2 N–H and O–H groups in total. The molecule has 2 aromatic carbocycles. The molecule has 4 nitrogen and oxygen atoms in total. The van der Waals surface area contributed by atoms with Crippen molar-refractivity contribution in [1.82, 2.24) is 5.32 Å². The van der Waals surface area contributed by atoms with Crippen LogP contribution in [0.1, 0.15) is 16.8 Å². The number of benzene rings is 2. The standard InChI is InChI=1S/C16H12Cl2FIN2O2/c17-12-7-9(19)1-3-11(12)16(24)21-6-5-15(23)22-14-4-2-10(20)8-13(14)18/h1-4,7-8H,5-6H2,(H,21,24)(H,22,23). The number of hydrogen-bond acceptors (Lipinski definition) is 2. The predicted octanol–water partition coefficient (Wildman–Crippen LogP) is 4.50. The normalized spacial score (nSPS) is 10.3. The highest BCUT2D eigenvalue weighted by Crippen LogP contribution is 2.23. The molecular weight excluding hydrogens is 469 g/mol. The molecule has 0 aromatic heterocycles. The molecule has 0 heterocycles. The average Bonchev–Trinajstić information content (AvgIpc) is 2.50. The highest BCUT2D eigenvalue weighted by molar-refractivity contribution is 14.1. The molecule has 0 aliphatic rings. The molecule has 0 fully saturated rings. The number of nitrogens with one attached hydrogen (secondary N) is 2. The van der Waals surface area contributed by atoms with Crippen LogP contribution in [-0.2, 0) is 4.79 Å². The lowest BCUT2D eigenvalue weighted by atomic mass is 10.2. The Hall–Kier alpha value is -1.38. The van der Waals surface area contributed by atoms with Gasteiger partial charge in [0, 0.05) is 16.5 Å². The molecule has 2 amide bonds. The van der Waals surface area contributed by atoms with E-state index in [-0.39, 0.29) is 29.5 Å². The third-order valence-corrected chi connectivity index (χ3v) is 4.32. The third-order valence-electron chi connectivity index (χ3n) is 3.02. The minimum Gasteiger partial charge on any atom is -0.351 e. The van der Waals surface area contributed by atoms with E-state index in [4.69, 9.17) is 23.2 Å². The summed E-state index contributed by atoms with van der Waals surface area (Å²) < 4.78 is 13.9. The van der Waals surface area contributed by atoms with Gasteiger partial charge in [-0.2, -0.15) is 0 Å². The lowest BCUT2D eigenvalue weighted by Gasteiger charge is -2.09. The predicted molar refractivity (Wildman–Crippen MR) is 101 cm³/mol. The van der Waals surface area contributed by atoms with E-state index >= 15 is 0 Å². The molecule has 0 saturated heterocycles. The van der Waals surface area contributed by atoms with Crippen LogP contribution in [0.15, 0.2) is 36.4 Å². The maximum Gasteiger partial charge on any atom is 0.252 e. The smallest absolute Gasteiger partial charge is 0.252 e. The van der Waals surface area contributed by atoms with Crippen molar-refractivity contribution >= 4 is 63.3 Å². The fourth-order valence-electron chi connectivity index (χ4n) is 1.86. The number of anilines is 1. The van der Waals surface area contributed by atoms with E-state index in [0.717, 1.165) is 15.7 Å². The van der Waals surface area contributed by atoms with Gasteiger partial charge >= 0.3 is 0 Å². The first-order chi connectivity index (χ1) is 11.4. The van der Waals surface area contributed by atoms with Gasteiger partial charge in [-0.1, -0.05) is 23.2 Å². The van der Waals surface area contributed by atoms with Gasteiger partial charge in [0.2, 0.25) is 5.91 Å². The average molecular weight is 481 g/mol. The summed E-state index contributed by atoms with van der Waals surface area (Å²) in [7, 11) is 0. The van der Waals surface area contributed by atoms with Gasteiger partial charge in [0.1, 0.15) is 5.82 Å². The fraction of sp³-hybridized carbons (Fsp3) is 0.125. The minimum absolute atomic E-state index is 0.0163. The monoisotopic (exact) mass is 480 g/mol. The lowest BCUT2D eigenvalue weighted by Crippen LogP contribution is -2.28. The highest BCUT2D eigenvalue weighted by Gasteiger charge is 2.12. The summed E-state index contributed by atoms with van der Waals surface area (Å²) in [4.78, 5) is 23.8. The number of carbonyl (C=O) groups is 2. The Balaban J connectivity index is 1.85. The van der Waals surface area contributed by atoms with Crippen molar-refractivity contribution < 1.29 is 14.0 Å². The van der Waals surface area contributed by atoms with Crippen molar-refractivity contribution in [3.05, 3.63) is 61.4 Å². The molecule has 0 unspecified atom stereocenters. The van der Waals surface area contributed by atoms with Crippen LogP contribution in [0.5, 0.6) is 0 Å². The van der Waals surface area contributed by atoms with Crippen LogP contribution >= 0.6 is 45.8 Å². The molecule has 0 radical (unpaired) electrons. The zero-order chi connectivity index (χ0) is 17.7. The number of amides is 2. The topological polar surface area (TPSA) is 58.2 Å². The fourth-order valence-corrected chi connectivity index (χ4v) is 3.02. The number of rotatable bonds is 5. The van der Waals surface area contributed by atoms with Crippen molar-refractivity contribution in [3.8, 4) is 0 Å². The van der Waals surface area contributed by atoms with Crippen molar-refractivity contribution in [1.29, 1.82) is 0 Å². The summed E-state index contributed by atoms with van der Waals surface area (Å²) in [5.74, 6) is -1.28. The summed E-state index contributed by atoms with van der Waals surface area (Å²) >= 11 is 14.0. The van der Waals surface area contributed by atoms with Gasteiger partial charge in [0.05, 0.1) is 21.3 Å². The number of halogens is 4. The molecule has 8 heteroatoms. The van der Waals surface area contributed by atoms with Crippen LogP contribution in [0, 0.1) is 9.39 Å². The largest absolute Gasteiger partial charge is 0.351 e. The van der Waals surface area contributed by atoms with Gasteiger partial charge in [-0.25, -0.2) is 4.39 Å². The second kappa shape index (κ2) is 8.64. The SMILES string of the molecule is O=C(CCNC(=O)c1ccc(F)cc1Cl)Nc1ccc(I)cc1Cl. The van der Waals surface area contributed by atoms with Gasteiger partial charge in [-0.3, -0.25) is 9.59 Å². The van der Waals surface area contributed by atoms with Crippen molar-refractivity contribution in [2.75, 3.05) is 11.9 Å². The molecule has 0 atom stereocenters. The van der Waals surface area contributed by atoms with Gasteiger partial charge in [0.25, 0.3) is 5.91 Å². The van der Waals surface area contributed by atoms with Crippen LogP contribution < -0.4 is 10.6 Å². The van der Waals surface area contributed by atoms with Crippen molar-refractivity contribution in [2.24, 2.45) is 0 Å². The van der Waals surface area contributed by atoms with Gasteiger partial charge in [-0.05, 0) is 59.0 Å². The molecule has 2 rings (SSSR count). The zero-order valence-electron chi connectivity index (χ0n) is 12.2. The van der Waals surface area contributed by atoms with E-state index in [9.17, 15) is 14.0 Å². The third kappa shape index (κ3) is 5.32. The second-order valence-corrected chi connectivity index (χ2v) is 6.86. The highest BCUT2D eigenvalue weighted by atomic mass is 127. The van der Waals surface area contributed by atoms with Crippen LogP contribution in [0.2, 0.25) is 10.0 Å². The molecule has 24 heavy (non-hydrogen) atoms. The molecule has 0 aliphatic carbocycles. The van der Waals surface area contributed by atoms with E-state index < -0.39 is 11.7 Å². The first-order valence-corrected chi connectivity index (χ1v) is 8.68. The van der Waals surface area contributed by atoms with Crippen LogP contribution in [0.4, 0.5) is 10.1 Å². The van der Waals surface area contributed by atoms with E-state index in [0.29, 0.717) is 10.7 Å². The Labute approximate surface area is 161 Å². The Morgan fingerprint density at radius 2 is 1.83 bits per heavy atom. The zero-order valence-corrected chi connectivity index (χ0v) is 15.9. The van der Waals surface area contributed by atoms with Crippen LogP contribution in [0.25, 0.3) is 0 Å². The quantitative estimate of drug-likeness (QED) is 0.619. The van der Waals surface area contributed by atoms with Crippen LogP contribution in [0.3, 0.4) is 0 Å². The first-order valence-electron chi connectivity index (χ1n) is 6.85. The molecular formula is C16H12Cl2FIN2O2. The number of carbonyl (C=O) groups excluding carboxylic acids is 2. The minimum atomic E-state index is -0.523. The lowest BCUT2D eigenvalue weighted by molar-refractivity contribution is -0.116. The molecule has 126 valence electrons. The first kappa shape index (κ1) is 19.0. The molecule has 0 saturated carbocycles. The van der Waals surface area contributed by atoms with E-state index in [2.05, 4.69) is 33.2 Å². The van der Waals surface area contributed by atoms with Crippen LogP contribution in [-0.4, -0.2) is 18.4 Å². The summed E-state index contributed by atoms with van der Waals surface area (Å²) in [5.41, 5.74) is 0.661. The summed E-state index contributed by atoms with van der Waals surface area (Å²) in [6.45, 7) is 0.111. The molecule has 0 spiro atoms. The summed E-state index contributed by atoms with van der Waals surface area (Å²) in [6, 6.07) is 8.75. The Kier molecular flexibility index (Phi) is 6.82. The van der Waals surface area contributed by atoms with Crippen molar-refractivity contribution in [2.45, 2.75) is 6.42 Å². The van der Waals surface area contributed by atoms with Gasteiger partial charge in [0.15, 0.2) is 0 Å². The summed E-state index contributed by atoms with van der Waals surface area (Å²) in [5, 5.41) is 5.69. The van der Waals surface area contributed by atoms with E-state index in [1.54, 1.807) is 12.1 Å². The van der Waals surface area contributed by atoms with E-state index in [1.165, 1.54) is 6.07 Å². The van der Waals surface area contributed by atoms with Gasteiger partial charge < -0.3 is 10.6 Å². The maximum atomic E-state index is 13.0. The maximum absolute atomic E-state index is 13.0. The Morgan fingerprint density at radius 3 is 2.50 bits per heavy atom. The van der Waals surface area contributed by atoms with Gasteiger partial charge in [-0.15, -0.1) is 0 Å². The molecule has 2 aromatic rings. The summed E-state index contributed by atoms with van der Waals surface area (Å²) in [6.07, 6.45) is 0.0624. The Bertz CT molecular complexity index is 787. The molecule has 0 bridgehead atoms. The van der Waals surface area contributed by atoms with E-state index in [1.807, 2.05) is 6.07 Å². The van der Waals surface area contributed by atoms with Crippen molar-refractivity contribution in [3.63, 3.8) is 0 Å². The molecule has 0 aliphatic heterocycles. The second-order valence-electron chi connectivity index (χ2n) is 4.80.